The highest BCUT2D eigenvalue weighted by atomic mass is 32.1. The summed E-state index contributed by atoms with van der Waals surface area (Å²) < 4.78 is 30.1. The van der Waals surface area contributed by atoms with Gasteiger partial charge in [0.15, 0.2) is 17.1 Å². The Hall–Kier alpha value is -2.72. The van der Waals surface area contributed by atoms with E-state index >= 15 is 0 Å². The summed E-state index contributed by atoms with van der Waals surface area (Å²) in [5, 5.41) is 31.7. The van der Waals surface area contributed by atoms with E-state index in [2.05, 4.69) is 20.4 Å². The summed E-state index contributed by atoms with van der Waals surface area (Å²) in [5.41, 5.74) is -1.56. The van der Waals surface area contributed by atoms with Crippen molar-refractivity contribution in [3.05, 3.63) is 52.4 Å². The van der Waals surface area contributed by atoms with Crippen molar-refractivity contribution in [3.8, 4) is 5.75 Å². The van der Waals surface area contributed by atoms with E-state index in [0.717, 1.165) is 15.8 Å². The van der Waals surface area contributed by atoms with Crippen molar-refractivity contribution in [2.45, 2.75) is 25.0 Å². The van der Waals surface area contributed by atoms with Crippen LogP contribution in [-0.4, -0.2) is 25.8 Å². The lowest BCUT2D eigenvalue weighted by Crippen LogP contribution is -2.34. The molecule has 10 heteroatoms. The van der Waals surface area contributed by atoms with E-state index in [-0.39, 0.29) is 5.56 Å². The number of aliphatic hydroxyl groups is 1. The molecule has 7 nitrogen and oxygen atoms in total. The first-order chi connectivity index (χ1) is 12.5. The number of imidazole rings is 1. The number of halogens is 2. The second-order valence-electron chi connectivity index (χ2n) is 5.81. The summed E-state index contributed by atoms with van der Waals surface area (Å²) >= 11 is 1.44. The molecule has 134 valence electrons. The standard InChI is InChI=1S/C16H13F2N5O2S/c1-2-12-14(23-7-19-5-13(23)26-12)15(25)16(6-20-22-21-16)8-3-10(18)11(24)4-9(8)17/h3-7,15,24-25H,2H2,1H3. The van der Waals surface area contributed by atoms with Crippen molar-refractivity contribution < 1.29 is 19.0 Å². The van der Waals surface area contributed by atoms with Crippen molar-refractivity contribution >= 4 is 22.4 Å². The molecule has 2 unspecified atom stereocenters. The first kappa shape index (κ1) is 16.7. The third-order valence-electron chi connectivity index (χ3n) is 4.36. The van der Waals surface area contributed by atoms with E-state index in [0.29, 0.717) is 18.2 Å². The summed E-state index contributed by atoms with van der Waals surface area (Å²) in [4.78, 5) is 5.71. The Kier molecular flexibility index (Phi) is 3.81. The third kappa shape index (κ3) is 2.26. The van der Waals surface area contributed by atoms with Crippen LogP contribution >= 0.6 is 11.3 Å². The smallest absolute Gasteiger partial charge is 0.180 e. The molecule has 26 heavy (non-hydrogen) atoms. The van der Waals surface area contributed by atoms with Crippen molar-refractivity contribution in [3.63, 3.8) is 0 Å². The fourth-order valence-corrected chi connectivity index (χ4v) is 4.15. The molecule has 1 aromatic carbocycles. The second-order valence-corrected chi connectivity index (χ2v) is 6.93. The summed E-state index contributed by atoms with van der Waals surface area (Å²) in [6.07, 6.45) is 3.59. The maximum absolute atomic E-state index is 14.5. The molecule has 0 saturated heterocycles. The van der Waals surface area contributed by atoms with Gasteiger partial charge in [-0.05, 0) is 17.7 Å². The zero-order chi connectivity index (χ0) is 18.5. The van der Waals surface area contributed by atoms with Gasteiger partial charge in [0.05, 0.1) is 18.1 Å². The Morgan fingerprint density at radius 1 is 1.31 bits per heavy atom. The molecule has 4 rings (SSSR count). The van der Waals surface area contributed by atoms with Gasteiger partial charge < -0.3 is 10.2 Å². The Balaban J connectivity index is 1.95. The maximum Gasteiger partial charge on any atom is 0.180 e. The molecule has 2 aromatic heterocycles. The number of rotatable bonds is 4. The molecule has 1 aliphatic rings. The minimum Gasteiger partial charge on any atom is -0.505 e. The number of benzene rings is 1. The van der Waals surface area contributed by atoms with Crippen LogP contribution in [0.3, 0.4) is 0 Å². The van der Waals surface area contributed by atoms with Crippen LogP contribution in [0, 0.1) is 11.6 Å². The zero-order valence-corrected chi connectivity index (χ0v) is 14.3. The van der Waals surface area contributed by atoms with Crippen LogP contribution in [0.1, 0.15) is 29.2 Å². The molecule has 0 fully saturated rings. The monoisotopic (exact) mass is 377 g/mol. The lowest BCUT2D eigenvalue weighted by molar-refractivity contribution is 0.114. The highest BCUT2D eigenvalue weighted by Crippen LogP contribution is 2.44. The number of nitrogens with zero attached hydrogens (tertiary/aromatic N) is 5. The largest absolute Gasteiger partial charge is 0.505 e. The van der Waals surface area contributed by atoms with Gasteiger partial charge in [0.1, 0.15) is 23.1 Å². The van der Waals surface area contributed by atoms with Gasteiger partial charge in [0.2, 0.25) is 0 Å². The van der Waals surface area contributed by atoms with Crippen LogP contribution in [0.5, 0.6) is 5.75 Å². The molecule has 0 spiro atoms. The molecule has 2 N–H and O–H groups in total. The van der Waals surface area contributed by atoms with Crippen LogP contribution in [0.2, 0.25) is 0 Å². The van der Waals surface area contributed by atoms with E-state index in [1.54, 1.807) is 10.6 Å². The number of aryl methyl sites for hydroxylation is 1. The van der Waals surface area contributed by atoms with Gasteiger partial charge in [-0.1, -0.05) is 6.92 Å². The van der Waals surface area contributed by atoms with Gasteiger partial charge in [-0.15, -0.1) is 21.6 Å². The Bertz CT molecular complexity index is 1050. The van der Waals surface area contributed by atoms with Crippen LogP contribution in [-0.2, 0) is 12.0 Å². The number of phenolic OH excluding ortho intramolecular Hbond substituents is 1. The zero-order valence-electron chi connectivity index (χ0n) is 13.5. The summed E-state index contributed by atoms with van der Waals surface area (Å²) in [7, 11) is 0. The van der Waals surface area contributed by atoms with E-state index in [1.165, 1.54) is 23.9 Å². The Morgan fingerprint density at radius 3 is 2.81 bits per heavy atom. The van der Waals surface area contributed by atoms with Gasteiger partial charge in [-0.2, -0.15) is 0 Å². The van der Waals surface area contributed by atoms with Gasteiger partial charge in [-0.25, -0.2) is 13.8 Å². The topological polar surface area (TPSA) is 94.8 Å². The molecule has 0 saturated carbocycles. The number of fused-ring (bicyclic) bond motifs is 1. The minimum atomic E-state index is -1.75. The Labute approximate surface area is 150 Å². The quantitative estimate of drug-likeness (QED) is 0.730. The molecule has 0 aliphatic carbocycles. The molecule has 3 aromatic rings. The highest BCUT2D eigenvalue weighted by Gasteiger charge is 2.46. The third-order valence-corrected chi connectivity index (χ3v) is 5.61. The lowest BCUT2D eigenvalue weighted by atomic mass is 9.83. The van der Waals surface area contributed by atoms with Gasteiger partial charge in [0.25, 0.3) is 0 Å². The number of thiazole rings is 1. The lowest BCUT2D eigenvalue weighted by Gasteiger charge is -2.28. The molecular weight excluding hydrogens is 364 g/mol. The van der Waals surface area contributed by atoms with E-state index in [9.17, 15) is 19.0 Å². The van der Waals surface area contributed by atoms with Gasteiger partial charge in [-0.3, -0.25) is 4.40 Å². The second kappa shape index (κ2) is 5.92. The molecule has 0 radical (unpaired) electrons. The van der Waals surface area contributed by atoms with Crippen molar-refractivity contribution in [1.82, 2.24) is 9.38 Å². The van der Waals surface area contributed by atoms with E-state index < -0.39 is 29.0 Å². The first-order valence-electron chi connectivity index (χ1n) is 7.74. The average Bonchev–Trinajstić information content (AvgIpc) is 3.32. The fourth-order valence-electron chi connectivity index (χ4n) is 3.08. The highest BCUT2D eigenvalue weighted by molar-refractivity contribution is 7.17. The SMILES string of the molecule is CCc1sc2cncn2c1C(O)C1(c2cc(F)c(O)cc2F)C=NN=N1. The summed E-state index contributed by atoms with van der Waals surface area (Å²) in [5.74, 6) is -2.78. The van der Waals surface area contributed by atoms with Crippen LogP contribution in [0.15, 0.2) is 40.1 Å². The summed E-state index contributed by atoms with van der Waals surface area (Å²) in [6, 6.07) is 1.44. The number of aliphatic hydroxyl groups excluding tert-OH is 1. The predicted molar refractivity (Wildman–Crippen MR) is 90.5 cm³/mol. The number of aromatic nitrogens is 2. The summed E-state index contributed by atoms with van der Waals surface area (Å²) in [6.45, 7) is 1.92. The first-order valence-corrected chi connectivity index (χ1v) is 8.56. The van der Waals surface area contributed by atoms with Gasteiger partial charge in [0, 0.05) is 16.5 Å². The Morgan fingerprint density at radius 2 is 2.12 bits per heavy atom. The number of phenols is 1. The van der Waals surface area contributed by atoms with Crippen LogP contribution in [0.4, 0.5) is 8.78 Å². The maximum atomic E-state index is 14.5. The molecule has 3 heterocycles. The van der Waals surface area contributed by atoms with Crippen LogP contribution in [0.25, 0.3) is 4.83 Å². The normalized spacial score (nSPS) is 20.3. The minimum absolute atomic E-state index is 0.271. The average molecular weight is 377 g/mol. The molecule has 0 bridgehead atoms. The fraction of sp³-hybridized carbons (Fsp3) is 0.250. The number of hydrogen-bond donors (Lipinski definition) is 2. The van der Waals surface area contributed by atoms with Crippen LogP contribution < -0.4 is 0 Å². The van der Waals surface area contributed by atoms with Crippen molar-refractivity contribution in [2.75, 3.05) is 0 Å². The van der Waals surface area contributed by atoms with E-state index in [1.807, 2.05) is 6.92 Å². The molecule has 0 amide bonds. The van der Waals surface area contributed by atoms with Crippen molar-refractivity contribution in [1.29, 1.82) is 0 Å². The molecule has 2 atom stereocenters. The number of hydrogen-bond acceptors (Lipinski definition) is 7. The predicted octanol–water partition coefficient (Wildman–Crippen LogP) is 3.32. The van der Waals surface area contributed by atoms with E-state index in [4.69, 9.17) is 0 Å². The van der Waals surface area contributed by atoms with Gasteiger partial charge >= 0.3 is 0 Å². The van der Waals surface area contributed by atoms with Crippen molar-refractivity contribution in [2.24, 2.45) is 15.4 Å². The molecular formula is C16H13F2N5O2S. The molecule has 1 aliphatic heterocycles. The number of aromatic hydroxyl groups is 1.